The van der Waals surface area contributed by atoms with Gasteiger partial charge in [0.15, 0.2) is 0 Å². The first kappa shape index (κ1) is 12.9. The summed E-state index contributed by atoms with van der Waals surface area (Å²) in [5.74, 6) is -0.267. The second-order valence-corrected chi connectivity index (χ2v) is 4.38. The van der Waals surface area contributed by atoms with Crippen molar-refractivity contribution in [1.29, 1.82) is 0 Å². The molecule has 1 atom stereocenters. The molecule has 2 rings (SSSR count). The van der Waals surface area contributed by atoms with Crippen molar-refractivity contribution in [2.75, 3.05) is 13.1 Å². The molecule has 0 aliphatic carbocycles. The van der Waals surface area contributed by atoms with Gasteiger partial charge >= 0.3 is 6.18 Å². The van der Waals surface area contributed by atoms with Crippen molar-refractivity contribution in [3.63, 3.8) is 0 Å². The molecule has 3 nitrogen and oxygen atoms in total. The van der Waals surface area contributed by atoms with Crippen molar-refractivity contribution in [3.8, 4) is 0 Å². The molecule has 0 radical (unpaired) electrons. The molecule has 1 aromatic rings. The lowest BCUT2D eigenvalue weighted by Crippen LogP contribution is -2.31. The summed E-state index contributed by atoms with van der Waals surface area (Å²) in [7, 11) is 0. The van der Waals surface area contributed by atoms with Gasteiger partial charge in [0, 0.05) is 24.7 Å². The summed E-state index contributed by atoms with van der Waals surface area (Å²) in [4.78, 5) is 13.5. The number of likely N-dealkylation sites (tertiary alicyclic amines) is 1. The van der Waals surface area contributed by atoms with E-state index in [4.69, 9.17) is 5.73 Å². The van der Waals surface area contributed by atoms with E-state index in [1.54, 1.807) is 4.90 Å². The largest absolute Gasteiger partial charge is 0.416 e. The molecule has 1 heterocycles. The van der Waals surface area contributed by atoms with Crippen LogP contribution in [0.2, 0.25) is 0 Å². The first-order valence-electron chi connectivity index (χ1n) is 5.60. The number of benzene rings is 1. The molecule has 6 heteroatoms. The summed E-state index contributed by atoms with van der Waals surface area (Å²) in [6, 6.07) is 4.21. The number of hydrogen-bond acceptors (Lipinski definition) is 2. The van der Waals surface area contributed by atoms with Crippen LogP contribution in [0.15, 0.2) is 24.3 Å². The van der Waals surface area contributed by atoms with Crippen LogP contribution in [0.3, 0.4) is 0 Å². The van der Waals surface area contributed by atoms with Crippen molar-refractivity contribution in [2.24, 2.45) is 5.73 Å². The number of nitrogens with two attached hydrogens (primary N) is 1. The number of amides is 1. The van der Waals surface area contributed by atoms with Crippen LogP contribution in [0.25, 0.3) is 0 Å². The first-order valence-corrected chi connectivity index (χ1v) is 5.60. The van der Waals surface area contributed by atoms with Gasteiger partial charge in [0.05, 0.1) is 5.56 Å². The Kier molecular flexibility index (Phi) is 3.30. The number of rotatable bonds is 1. The fourth-order valence-corrected chi connectivity index (χ4v) is 1.96. The fraction of sp³-hybridized carbons (Fsp3) is 0.417. The number of hydrogen-bond donors (Lipinski definition) is 1. The molecule has 1 aromatic carbocycles. The van der Waals surface area contributed by atoms with Gasteiger partial charge in [0.25, 0.3) is 5.91 Å². The average molecular weight is 258 g/mol. The smallest absolute Gasteiger partial charge is 0.337 e. The number of alkyl halides is 3. The highest BCUT2D eigenvalue weighted by Crippen LogP contribution is 2.29. The van der Waals surface area contributed by atoms with E-state index in [1.165, 1.54) is 12.1 Å². The van der Waals surface area contributed by atoms with Gasteiger partial charge in [0.2, 0.25) is 0 Å². The maximum absolute atomic E-state index is 12.4. The Bertz CT molecular complexity index is 442. The van der Waals surface area contributed by atoms with E-state index in [0.29, 0.717) is 13.1 Å². The molecule has 0 aromatic heterocycles. The SMILES string of the molecule is N[C@H]1CCN(C(=O)c2ccc(C(F)(F)F)cc2)C1. The summed E-state index contributed by atoms with van der Waals surface area (Å²) >= 11 is 0. The zero-order chi connectivity index (χ0) is 13.3. The molecule has 0 spiro atoms. The zero-order valence-electron chi connectivity index (χ0n) is 9.57. The maximum atomic E-state index is 12.4. The molecule has 1 saturated heterocycles. The minimum absolute atomic E-state index is 0.0385. The van der Waals surface area contributed by atoms with Crippen molar-refractivity contribution >= 4 is 5.91 Å². The Labute approximate surface area is 102 Å². The summed E-state index contributed by atoms with van der Waals surface area (Å²) in [6.07, 6.45) is -3.65. The highest BCUT2D eigenvalue weighted by atomic mass is 19.4. The van der Waals surface area contributed by atoms with Crippen LogP contribution in [0, 0.1) is 0 Å². The second-order valence-electron chi connectivity index (χ2n) is 4.38. The van der Waals surface area contributed by atoms with E-state index in [2.05, 4.69) is 0 Å². The zero-order valence-corrected chi connectivity index (χ0v) is 9.57. The highest BCUT2D eigenvalue weighted by Gasteiger charge is 2.31. The van der Waals surface area contributed by atoms with E-state index in [9.17, 15) is 18.0 Å². The lowest BCUT2D eigenvalue weighted by atomic mass is 10.1. The van der Waals surface area contributed by atoms with Crippen molar-refractivity contribution in [2.45, 2.75) is 18.6 Å². The molecular weight excluding hydrogens is 245 g/mol. The predicted molar refractivity (Wildman–Crippen MR) is 59.9 cm³/mol. The molecule has 2 N–H and O–H groups in total. The van der Waals surface area contributed by atoms with Crippen molar-refractivity contribution < 1.29 is 18.0 Å². The van der Waals surface area contributed by atoms with E-state index in [0.717, 1.165) is 18.6 Å². The van der Waals surface area contributed by atoms with Gasteiger partial charge in [-0.15, -0.1) is 0 Å². The van der Waals surface area contributed by atoms with E-state index >= 15 is 0 Å². The van der Waals surface area contributed by atoms with Crippen LogP contribution >= 0.6 is 0 Å². The number of halogens is 3. The Morgan fingerprint density at radius 2 is 1.89 bits per heavy atom. The monoisotopic (exact) mass is 258 g/mol. The lowest BCUT2D eigenvalue weighted by molar-refractivity contribution is -0.137. The average Bonchev–Trinajstić information content (AvgIpc) is 2.74. The highest BCUT2D eigenvalue weighted by molar-refractivity contribution is 5.94. The molecule has 1 aliphatic heterocycles. The third-order valence-electron chi connectivity index (χ3n) is 2.97. The minimum atomic E-state index is -4.38. The number of carbonyl (C=O) groups is 1. The molecule has 0 unspecified atom stereocenters. The maximum Gasteiger partial charge on any atom is 0.416 e. The Morgan fingerprint density at radius 1 is 1.28 bits per heavy atom. The molecule has 98 valence electrons. The van der Waals surface area contributed by atoms with E-state index in [1.807, 2.05) is 0 Å². The Balaban J connectivity index is 2.12. The summed E-state index contributed by atoms with van der Waals surface area (Å²) in [5.41, 5.74) is 5.19. The van der Waals surface area contributed by atoms with Gasteiger partial charge in [-0.1, -0.05) is 0 Å². The van der Waals surface area contributed by atoms with Gasteiger partial charge < -0.3 is 10.6 Å². The topological polar surface area (TPSA) is 46.3 Å². The van der Waals surface area contributed by atoms with E-state index in [-0.39, 0.29) is 17.5 Å². The molecule has 0 saturated carbocycles. The predicted octanol–water partition coefficient (Wildman–Crippen LogP) is 1.88. The number of nitrogens with zero attached hydrogens (tertiary/aromatic N) is 1. The van der Waals surface area contributed by atoms with Gasteiger partial charge in [-0.25, -0.2) is 0 Å². The Hall–Kier alpha value is -1.56. The standard InChI is InChI=1S/C12H13F3N2O/c13-12(14,15)9-3-1-8(2-4-9)11(18)17-6-5-10(16)7-17/h1-4,10H,5-7,16H2/t10-/m0/s1. The molecule has 18 heavy (non-hydrogen) atoms. The fourth-order valence-electron chi connectivity index (χ4n) is 1.96. The summed E-state index contributed by atoms with van der Waals surface area (Å²) in [6.45, 7) is 1.01. The van der Waals surface area contributed by atoms with Crippen LogP contribution in [-0.2, 0) is 6.18 Å². The molecule has 0 bridgehead atoms. The van der Waals surface area contributed by atoms with Crippen LogP contribution < -0.4 is 5.73 Å². The van der Waals surface area contributed by atoms with Crippen LogP contribution in [0.1, 0.15) is 22.3 Å². The molecule has 1 aliphatic rings. The van der Waals surface area contributed by atoms with Crippen LogP contribution in [0.5, 0.6) is 0 Å². The summed E-state index contributed by atoms with van der Waals surface area (Å²) in [5, 5.41) is 0. The van der Waals surface area contributed by atoms with Gasteiger partial charge in [0.1, 0.15) is 0 Å². The summed E-state index contributed by atoms with van der Waals surface area (Å²) < 4.78 is 37.1. The van der Waals surface area contributed by atoms with E-state index < -0.39 is 11.7 Å². The van der Waals surface area contributed by atoms with Gasteiger partial charge in [-0.2, -0.15) is 13.2 Å². The lowest BCUT2D eigenvalue weighted by Gasteiger charge is -2.16. The van der Waals surface area contributed by atoms with Gasteiger partial charge in [-0.05, 0) is 30.7 Å². The molecule has 1 amide bonds. The van der Waals surface area contributed by atoms with Crippen LogP contribution in [-0.4, -0.2) is 29.9 Å². The normalized spacial score (nSPS) is 20.2. The quantitative estimate of drug-likeness (QED) is 0.836. The molecular formula is C12H13F3N2O. The first-order chi connectivity index (χ1) is 8.38. The Morgan fingerprint density at radius 3 is 2.33 bits per heavy atom. The molecule has 1 fully saturated rings. The second kappa shape index (κ2) is 4.61. The van der Waals surface area contributed by atoms with Crippen LogP contribution in [0.4, 0.5) is 13.2 Å². The third kappa shape index (κ3) is 2.64. The van der Waals surface area contributed by atoms with Gasteiger partial charge in [-0.3, -0.25) is 4.79 Å². The minimum Gasteiger partial charge on any atom is -0.337 e. The van der Waals surface area contributed by atoms with Crippen molar-refractivity contribution in [1.82, 2.24) is 4.90 Å². The third-order valence-corrected chi connectivity index (χ3v) is 2.97. The van der Waals surface area contributed by atoms with Crippen molar-refractivity contribution in [3.05, 3.63) is 35.4 Å². The number of carbonyl (C=O) groups excluding carboxylic acids is 1.